The first-order valence-electron chi connectivity index (χ1n) is 9.20. The zero-order valence-electron chi connectivity index (χ0n) is 17.0. The third kappa shape index (κ3) is 3.94. The van der Waals surface area contributed by atoms with Crippen molar-refractivity contribution in [3.8, 4) is 22.9 Å². The van der Waals surface area contributed by atoms with Crippen LogP contribution in [0.4, 0.5) is 10.3 Å². The van der Waals surface area contributed by atoms with E-state index in [9.17, 15) is 9.18 Å². The van der Waals surface area contributed by atoms with E-state index in [0.717, 1.165) is 0 Å². The normalized spacial score (nSPS) is 11.0. The highest BCUT2D eigenvalue weighted by molar-refractivity contribution is 7.21. The number of hydrogen-bond acceptors (Lipinski definition) is 7. The van der Waals surface area contributed by atoms with Gasteiger partial charge >= 0.3 is 0 Å². The van der Waals surface area contributed by atoms with Gasteiger partial charge in [0.05, 0.1) is 31.3 Å². The van der Waals surface area contributed by atoms with Gasteiger partial charge in [0.15, 0.2) is 5.82 Å². The van der Waals surface area contributed by atoms with E-state index < -0.39 is 11.7 Å². The Morgan fingerprint density at radius 3 is 2.77 bits per heavy atom. The molecule has 31 heavy (non-hydrogen) atoms. The lowest BCUT2D eigenvalue weighted by Gasteiger charge is -2.07. The van der Waals surface area contributed by atoms with Gasteiger partial charge in [-0.25, -0.2) is 4.39 Å². The molecule has 0 saturated carbocycles. The number of carbonyl (C=O) groups excluding carboxylic acids is 1. The molecule has 10 heteroatoms. The molecule has 0 spiro atoms. The number of ether oxygens (including phenoxy) is 3. The summed E-state index contributed by atoms with van der Waals surface area (Å²) in [5, 5.41) is 9.91. The molecular weight excluding hydrogens is 423 g/mol. The first-order chi connectivity index (χ1) is 15.0. The van der Waals surface area contributed by atoms with Crippen molar-refractivity contribution in [1.82, 2.24) is 15.2 Å². The summed E-state index contributed by atoms with van der Waals surface area (Å²) >= 11 is 1.19. The second-order valence-electron chi connectivity index (χ2n) is 6.48. The molecular formula is C21H19FN4O4S. The SMILES string of the molecule is COCc1c(C(=O)Nc2n[nH]c(-c3ccc(OC)cc3OC)n2)sc2cccc(F)c12. The van der Waals surface area contributed by atoms with E-state index in [1.807, 2.05) is 0 Å². The van der Waals surface area contributed by atoms with Crippen LogP contribution in [0.2, 0.25) is 0 Å². The van der Waals surface area contributed by atoms with Gasteiger partial charge in [0, 0.05) is 28.8 Å². The summed E-state index contributed by atoms with van der Waals surface area (Å²) in [6.45, 7) is 0.103. The molecule has 0 radical (unpaired) electrons. The van der Waals surface area contributed by atoms with Gasteiger partial charge in [-0.05, 0) is 24.3 Å². The Morgan fingerprint density at radius 1 is 1.19 bits per heavy atom. The zero-order valence-corrected chi connectivity index (χ0v) is 17.8. The van der Waals surface area contributed by atoms with Crippen LogP contribution in [0.3, 0.4) is 0 Å². The quantitative estimate of drug-likeness (QED) is 0.444. The molecule has 0 aliphatic rings. The van der Waals surface area contributed by atoms with Crippen LogP contribution in [-0.4, -0.2) is 42.4 Å². The number of halogens is 1. The van der Waals surface area contributed by atoms with E-state index in [0.29, 0.717) is 43.4 Å². The van der Waals surface area contributed by atoms with Crippen LogP contribution in [0.5, 0.6) is 11.5 Å². The topological polar surface area (TPSA) is 98.4 Å². The molecule has 0 saturated heterocycles. The molecule has 2 heterocycles. The standard InChI is InChI=1S/C21H19FN4O4S/c1-28-10-13-17-14(22)5-4-6-16(17)31-18(13)20(27)24-21-23-19(25-26-21)12-8-7-11(29-2)9-15(12)30-3/h4-9H,10H2,1-3H3,(H2,23,24,25,26,27). The first kappa shape index (κ1) is 20.8. The van der Waals surface area contributed by atoms with Crippen molar-refractivity contribution in [2.75, 3.05) is 26.6 Å². The minimum atomic E-state index is -0.445. The van der Waals surface area contributed by atoms with E-state index >= 15 is 0 Å². The monoisotopic (exact) mass is 442 g/mol. The van der Waals surface area contributed by atoms with E-state index in [1.54, 1.807) is 37.4 Å². The summed E-state index contributed by atoms with van der Waals surface area (Å²) < 4.78 is 30.8. The predicted octanol–water partition coefficient (Wildman–Crippen LogP) is 4.24. The van der Waals surface area contributed by atoms with Crippen molar-refractivity contribution in [2.24, 2.45) is 0 Å². The molecule has 4 aromatic rings. The number of methoxy groups -OCH3 is 3. The number of hydrogen-bond donors (Lipinski definition) is 2. The maximum absolute atomic E-state index is 14.4. The van der Waals surface area contributed by atoms with Gasteiger partial charge in [0.2, 0.25) is 5.95 Å². The molecule has 0 fully saturated rings. The number of fused-ring (bicyclic) bond motifs is 1. The van der Waals surface area contributed by atoms with Crippen LogP contribution in [0, 0.1) is 5.82 Å². The number of aromatic amines is 1. The summed E-state index contributed by atoms with van der Waals surface area (Å²) in [5.41, 5.74) is 1.14. The smallest absolute Gasteiger partial charge is 0.268 e. The highest BCUT2D eigenvalue weighted by atomic mass is 32.1. The molecule has 8 nitrogen and oxygen atoms in total. The number of H-pyrrole nitrogens is 1. The van der Waals surface area contributed by atoms with Crippen molar-refractivity contribution in [3.05, 3.63) is 52.7 Å². The Morgan fingerprint density at radius 2 is 2.03 bits per heavy atom. The van der Waals surface area contributed by atoms with E-state index in [-0.39, 0.29) is 12.6 Å². The fraction of sp³-hybridized carbons (Fsp3) is 0.190. The Labute approximate surface area is 181 Å². The van der Waals surface area contributed by atoms with Gasteiger partial charge in [-0.3, -0.25) is 15.2 Å². The van der Waals surface area contributed by atoms with Crippen LogP contribution >= 0.6 is 11.3 Å². The first-order valence-corrected chi connectivity index (χ1v) is 10.0. The molecule has 0 aliphatic carbocycles. The molecule has 0 bridgehead atoms. The van der Waals surface area contributed by atoms with Gasteiger partial charge in [-0.2, -0.15) is 4.98 Å². The number of benzene rings is 2. The average Bonchev–Trinajstić information content (AvgIpc) is 3.39. The Kier molecular flexibility index (Phi) is 5.83. The Hall–Kier alpha value is -3.50. The minimum absolute atomic E-state index is 0.0826. The molecule has 2 N–H and O–H groups in total. The number of carbonyl (C=O) groups is 1. The summed E-state index contributed by atoms with van der Waals surface area (Å²) in [6.07, 6.45) is 0. The maximum atomic E-state index is 14.4. The third-order valence-corrected chi connectivity index (χ3v) is 5.83. The van der Waals surface area contributed by atoms with Crippen LogP contribution in [0.15, 0.2) is 36.4 Å². The van der Waals surface area contributed by atoms with Crippen LogP contribution in [-0.2, 0) is 11.3 Å². The Bertz CT molecular complexity index is 1250. The van der Waals surface area contributed by atoms with Crippen molar-refractivity contribution in [3.63, 3.8) is 0 Å². The number of amides is 1. The van der Waals surface area contributed by atoms with Crippen LogP contribution < -0.4 is 14.8 Å². The number of nitrogens with one attached hydrogen (secondary N) is 2. The molecule has 2 aromatic carbocycles. The molecule has 2 aromatic heterocycles. The molecule has 0 atom stereocenters. The molecule has 4 rings (SSSR count). The number of aromatic nitrogens is 3. The molecule has 160 valence electrons. The lowest BCUT2D eigenvalue weighted by atomic mass is 10.1. The van der Waals surface area contributed by atoms with Gasteiger partial charge < -0.3 is 14.2 Å². The lowest BCUT2D eigenvalue weighted by molar-refractivity contribution is 0.102. The predicted molar refractivity (Wildman–Crippen MR) is 115 cm³/mol. The summed E-state index contributed by atoms with van der Waals surface area (Å²) in [5.74, 6) is 0.826. The number of anilines is 1. The van der Waals surface area contributed by atoms with Crippen LogP contribution in [0.25, 0.3) is 21.5 Å². The summed E-state index contributed by atoms with van der Waals surface area (Å²) in [4.78, 5) is 17.6. The van der Waals surface area contributed by atoms with Gasteiger partial charge in [-0.15, -0.1) is 16.4 Å². The van der Waals surface area contributed by atoms with Gasteiger partial charge in [0.1, 0.15) is 17.3 Å². The van der Waals surface area contributed by atoms with Crippen molar-refractivity contribution < 1.29 is 23.4 Å². The van der Waals surface area contributed by atoms with Gasteiger partial charge in [-0.1, -0.05) is 6.07 Å². The minimum Gasteiger partial charge on any atom is -0.497 e. The van der Waals surface area contributed by atoms with Crippen molar-refractivity contribution >= 4 is 33.3 Å². The fourth-order valence-electron chi connectivity index (χ4n) is 3.22. The average molecular weight is 442 g/mol. The van der Waals surface area contributed by atoms with E-state index in [2.05, 4.69) is 20.5 Å². The zero-order chi connectivity index (χ0) is 22.0. The number of nitrogens with zero attached hydrogens (tertiary/aromatic N) is 2. The lowest BCUT2D eigenvalue weighted by Crippen LogP contribution is -2.13. The third-order valence-electron chi connectivity index (χ3n) is 4.63. The highest BCUT2D eigenvalue weighted by Crippen LogP contribution is 2.35. The summed E-state index contributed by atoms with van der Waals surface area (Å²) in [6, 6.07) is 9.99. The Balaban J connectivity index is 1.63. The summed E-state index contributed by atoms with van der Waals surface area (Å²) in [7, 11) is 4.60. The largest absolute Gasteiger partial charge is 0.497 e. The van der Waals surface area contributed by atoms with Crippen LogP contribution in [0.1, 0.15) is 15.2 Å². The second kappa shape index (κ2) is 8.70. The molecule has 0 unspecified atom stereocenters. The highest BCUT2D eigenvalue weighted by Gasteiger charge is 2.22. The maximum Gasteiger partial charge on any atom is 0.268 e. The van der Waals surface area contributed by atoms with Gasteiger partial charge in [0.25, 0.3) is 5.91 Å². The number of thiophene rings is 1. The molecule has 1 amide bonds. The van der Waals surface area contributed by atoms with E-state index in [1.165, 1.54) is 31.6 Å². The fourth-order valence-corrected chi connectivity index (χ4v) is 4.34. The second-order valence-corrected chi connectivity index (χ2v) is 7.54. The molecule has 0 aliphatic heterocycles. The van der Waals surface area contributed by atoms with E-state index in [4.69, 9.17) is 14.2 Å². The van der Waals surface area contributed by atoms with Crippen molar-refractivity contribution in [1.29, 1.82) is 0 Å². The van der Waals surface area contributed by atoms with Crippen molar-refractivity contribution in [2.45, 2.75) is 6.61 Å². The number of rotatable bonds is 7.